The molecule has 0 bridgehead atoms. The minimum Gasteiger partial charge on any atom is -0.481 e. The molecule has 1 heterocycles. The number of benzene rings is 1. The van der Waals surface area contributed by atoms with Crippen LogP contribution in [0.5, 0.6) is 0 Å². The Hall–Kier alpha value is -2.63. The second-order valence-corrected chi connectivity index (χ2v) is 6.38. The summed E-state index contributed by atoms with van der Waals surface area (Å²) in [5.74, 6) is -2.81. The molecule has 6 nitrogen and oxygen atoms in total. The van der Waals surface area contributed by atoms with E-state index in [-0.39, 0.29) is 18.9 Å². The van der Waals surface area contributed by atoms with E-state index >= 15 is 0 Å². The summed E-state index contributed by atoms with van der Waals surface area (Å²) in [5, 5.41) is 9.27. The second kappa shape index (κ2) is 6.70. The Kier molecular flexibility index (Phi) is 4.61. The van der Waals surface area contributed by atoms with Crippen LogP contribution >= 0.6 is 0 Å². The molecule has 0 saturated carbocycles. The third kappa shape index (κ3) is 2.81. The topological polar surface area (TPSA) is 83.9 Å². The van der Waals surface area contributed by atoms with E-state index in [0.29, 0.717) is 25.1 Å². The Morgan fingerprint density at radius 3 is 2.68 bits per heavy atom. The maximum atomic E-state index is 13.0. The molecule has 1 aromatic carbocycles. The number of hydrogen-bond donors (Lipinski definition) is 1. The van der Waals surface area contributed by atoms with Crippen molar-refractivity contribution in [2.24, 2.45) is 11.3 Å². The minimum absolute atomic E-state index is 0.195. The fourth-order valence-electron chi connectivity index (χ4n) is 3.94. The fourth-order valence-corrected chi connectivity index (χ4v) is 3.94. The number of likely N-dealkylation sites (tertiary alicyclic amines) is 1. The van der Waals surface area contributed by atoms with E-state index in [4.69, 9.17) is 4.74 Å². The monoisotopic (exact) mass is 343 g/mol. The van der Waals surface area contributed by atoms with Gasteiger partial charge in [-0.25, -0.2) is 0 Å². The van der Waals surface area contributed by atoms with Crippen molar-refractivity contribution in [1.82, 2.24) is 4.90 Å². The van der Waals surface area contributed by atoms with E-state index < -0.39 is 23.3 Å². The summed E-state index contributed by atoms with van der Waals surface area (Å²) >= 11 is 0. The van der Waals surface area contributed by atoms with E-state index in [1.165, 1.54) is 0 Å². The number of aliphatic carboxylic acids is 1. The first kappa shape index (κ1) is 17.2. The van der Waals surface area contributed by atoms with Crippen LogP contribution in [0, 0.1) is 11.3 Å². The molecule has 1 aliphatic heterocycles. The average Bonchev–Trinajstić information content (AvgIpc) is 3.10. The van der Waals surface area contributed by atoms with Gasteiger partial charge in [-0.05, 0) is 25.3 Å². The van der Waals surface area contributed by atoms with Crippen molar-refractivity contribution in [2.75, 3.05) is 6.61 Å². The number of hydrogen-bond acceptors (Lipinski definition) is 4. The molecular weight excluding hydrogens is 322 g/mol. The van der Waals surface area contributed by atoms with Gasteiger partial charge < -0.3 is 14.7 Å². The molecule has 25 heavy (non-hydrogen) atoms. The summed E-state index contributed by atoms with van der Waals surface area (Å²) in [6, 6.07) is 9.46. The van der Waals surface area contributed by atoms with E-state index in [1.807, 2.05) is 36.4 Å². The number of nitrogens with zero attached hydrogens (tertiary/aromatic N) is 1. The molecule has 1 N–H and O–H groups in total. The maximum Gasteiger partial charge on any atom is 0.318 e. The molecule has 2 unspecified atom stereocenters. The van der Waals surface area contributed by atoms with E-state index in [1.54, 1.807) is 11.8 Å². The first-order chi connectivity index (χ1) is 12.0. The third-order valence-corrected chi connectivity index (χ3v) is 4.99. The molecular formula is C19H21NO5. The van der Waals surface area contributed by atoms with Crippen LogP contribution in [0.1, 0.15) is 31.7 Å². The standard InChI is InChI=1S/C19H21NO5/c1-2-25-18(24)19-10-6-9-15(19)20(12-13-7-4-3-5-8-13)17(23)14(19)11-16(21)22/h3-5,7-9,14H,2,6,10-12H2,1H3,(H,21,22). The van der Waals surface area contributed by atoms with Crippen LogP contribution in [0.15, 0.2) is 42.1 Å². The predicted molar refractivity (Wildman–Crippen MR) is 89.1 cm³/mol. The largest absolute Gasteiger partial charge is 0.481 e. The lowest BCUT2D eigenvalue weighted by molar-refractivity contribution is -0.158. The zero-order chi connectivity index (χ0) is 18.0. The lowest BCUT2D eigenvalue weighted by Crippen LogP contribution is -2.39. The molecule has 132 valence electrons. The number of amides is 1. The Morgan fingerprint density at radius 2 is 2.04 bits per heavy atom. The van der Waals surface area contributed by atoms with Gasteiger partial charge in [-0.1, -0.05) is 36.4 Å². The molecule has 0 aromatic heterocycles. The van der Waals surface area contributed by atoms with Gasteiger partial charge in [0.1, 0.15) is 5.41 Å². The Bertz CT molecular complexity index is 727. The molecule has 0 spiro atoms. The Balaban J connectivity index is 2.00. The SMILES string of the molecule is CCOC(=O)C12CCC=C1N(Cc1ccccc1)C(=O)C2CC(=O)O. The van der Waals surface area contributed by atoms with Gasteiger partial charge >= 0.3 is 11.9 Å². The van der Waals surface area contributed by atoms with E-state index in [9.17, 15) is 19.5 Å². The van der Waals surface area contributed by atoms with Crippen LogP contribution in [0.3, 0.4) is 0 Å². The predicted octanol–water partition coefficient (Wildman–Crippen LogP) is 2.35. The normalized spacial score (nSPS) is 24.8. The van der Waals surface area contributed by atoms with Crippen molar-refractivity contribution in [3.05, 3.63) is 47.7 Å². The highest BCUT2D eigenvalue weighted by Crippen LogP contribution is 2.55. The van der Waals surface area contributed by atoms with Gasteiger partial charge in [0, 0.05) is 5.70 Å². The molecule has 1 saturated heterocycles. The first-order valence-corrected chi connectivity index (χ1v) is 8.45. The number of ether oxygens (including phenoxy) is 1. The number of carbonyl (C=O) groups is 3. The van der Waals surface area contributed by atoms with Crippen LogP contribution in [0.25, 0.3) is 0 Å². The lowest BCUT2D eigenvalue weighted by Gasteiger charge is -2.28. The van der Waals surface area contributed by atoms with Gasteiger partial charge in [0.15, 0.2) is 0 Å². The summed E-state index contributed by atoms with van der Waals surface area (Å²) in [5.41, 5.74) is 0.365. The number of allylic oxidation sites excluding steroid dienone is 1. The van der Waals surface area contributed by atoms with Crippen LogP contribution in [0.4, 0.5) is 0 Å². The molecule has 3 rings (SSSR count). The fraction of sp³-hybridized carbons (Fsp3) is 0.421. The number of fused-ring (bicyclic) bond motifs is 1. The van der Waals surface area contributed by atoms with Gasteiger partial charge in [-0.15, -0.1) is 0 Å². The summed E-state index contributed by atoms with van der Waals surface area (Å²) in [6.45, 7) is 2.22. The van der Waals surface area contributed by atoms with Crippen LogP contribution in [-0.4, -0.2) is 34.5 Å². The molecule has 0 radical (unpaired) electrons. The van der Waals surface area contributed by atoms with E-state index in [0.717, 1.165) is 5.56 Å². The second-order valence-electron chi connectivity index (χ2n) is 6.38. The zero-order valence-corrected chi connectivity index (χ0v) is 14.1. The molecule has 2 aliphatic rings. The molecule has 1 fully saturated rings. The smallest absolute Gasteiger partial charge is 0.318 e. The summed E-state index contributed by atoms with van der Waals surface area (Å²) < 4.78 is 5.24. The van der Waals surface area contributed by atoms with Crippen molar-refractivity contribution in [3.63, 3.8) is 0 Å². The van der Waals surface area contributed by atoms with Gasteiger partial charge in [0.2, 0.25) is 5.91 Å². The van der Waals surface area contributed by atoms with Gasteiger partial charge in [-0.3, -0.25) is 14.4 Å². The molecule has 1 aromatic rings. The summed E-state index contributed by atoms with van der Waals surface area (Å²) in [4.78, 5) is 38.6. The van der Waals surface area contributed by atoms with Gasteiger partial charge in [-0.2, -0.15) is 0 Å². The average molecular weight is 343 g/mol. The van der Waals surface area contributed by atoms with Crippen LogP contribution in [0.2, 0.25) is 0 Å². The number of carbonyl (C=O) groups excluding carboxylic acids is 2. The van der Waals surface area contributed by atoms with Crippen LogP contribution < -0.4 is 0 Å². The molecule has 1 amide bonds. The minimum atomic E-state index is -1.17. The highest BCUT2D eigenvalue weighted by Gasteiger charge is 2.63. The van der Waals surface area contributed by atoms with Crippen molar-refractivity contribution >= 4 is 17.8 Å². The number of rotatable bonds is 6. The molecule has 2 atom stereocenters. The number of esters is 1. The third-order valence-electron chi connectivity index (χ3n) is 4.99. The quantitative estimate of drug-likeness (QED) is 0.802. The van der Waals surface area contributed by atoms with E-state index in [2.05, 4.69) is 0 Å². The van der Waals surface area contributed by atoms with Crippen molar-refractivity contribution in [3.8, 4) is 0 Å². The van der Waals surface area contributed by atoms with Gasteiger partial charge in [0.25, 0.3) is 0 Å². The van der Waals surface area contributed by atoms with Crippen molar-refractivity contribution < 1.29 is 24.2 Å². The summed E-state index contributed by atoms with van der Waals surface area (Å²) in [7, 11) is 0. The summed E-state index contributed by atoms with van der Waals surface area (Å²) in [6.07, 6.45) is 2.54. The van der Waals surface area contributed by atoms with Crippen molar-refractivity contribution in [2.45, 2.75) is 32.7 Å². The Morgan fingerprint density at radius 1 is 1.32 bits per heavy atom. The lowest BCUT2D eigenvalue weighted by atomic mass is 9.74. The van der Waals surface area contributed by atoms with Crippen molar-refractivity contribution in [1.29, 1.82) is 0 Å². The number of carboxylic acids is 1. The maximum absolute atomic E-state index is 13.0. The molecule has 6 heteroatoms. The highest BCUT2D eigenvalue weighted by atomic mass is 16.5. The zero-order valence-electron chi connectivity index (χ0n) is 14.1. The number of carboxylic acid groups (broad SMARTS) is 1. The first-order valence-electron chi connectivity index (χ1n) is 8.45. The van der Waals surface area contributed by atoms with Crippen LogP contribution in [-0.2, 0) is 25.7 Å². The molecule has 1 aliphatic carbocycles. The highest BCUT2D eigenvalue weighted by molar-refractivity contribution is 5.98. The Labute approximate surface area is 146 Å². The van der Waals surface area contributed by atoms with Gasteiger partial charge in [0.05, 0.1) is 25.5 Å².